The van der Waals surface area contributed by atoms with Crippen LogP contribution in [0, 0.1) is 0 Å². The Kier molecular flexibility index (Phi) is 6.69. The predicted octanol–water partition coefficient (Wildman–Crippen LogP) is 4.16. The predicted molar refractivity (Wildman–Crippen MR) is 125 cm³/mol. The Morgan fingerprint density at radius 2 is 1.67 bits per heavy atom. The van der Waals surface area contributed by atoms with Gasteiger partial charge in [0.15, 0.2) is 0 Å². The van der Waals surface area contributed by atoms with E-state index < -0.39 is 30.4 Å². The summed E-state index contributed by atoms with van der Waals surface area (Å²) in [7, 11) is 0. The fourth-order valence-corrected chi connectivity index (χ4v) is 4.19. The fourth-order valence-electron chi connectivity index (χ4n) is 3.85. The van der Waals surface area contributed by atoms with E-state index in [0.717, 1.165) is 22.3 Å². The van der Waals surface area contributed by atoms with Crippen LogP contribution in [0.2, 0.25) is 0 Å². The van der Waals surface area contributed by atoms with Gasteiger partial charge >= 0.3 is 12.1 Å². The number of anilines is 1. The molecule has 0 fully saturated rings. The first kappa shape index (κ1) is 22.5. The first-order chi connectivity index (χ1) is 15.9. The molecular formula is C24H20BrN3O5. The first-order valence-corrected chi connectivity index (χ1v) is 11.0. The number of carboxylic acid groups (broad SMARTS) is 1. The number of nitrogens with zero attached hydrogens (tertiary/aromatic N) is 1. The molecule has 0 aliphatic heterocycles. The summed E-state index contributed by atoms with van der Waals surface area (Å²) < 4.78 is 6.11. The number of carboxylic acids is 1. The van der Waals surface area contributed by atoms with Crippen LogP contribution < -0.4 is 10.6 Å². The largest absolute Gasteiger partial charge is 0.481 e. The number of ether oxygens (including phenoxy) is 1. The lowest BCUT2D eigenvalue weighted by Crippen LogP contribution is -2.45. The summed E-state index contributed by atoms with van der Waals surface area (Å²) in [6.07, 6.45) is -0.00463. The van der Waals surface area contributed by atoms with Crippen molar-refractivity contribution in [2.45, 2.75) is 18.4 Å². The van der Waals surface area contributed by atoms with Gasteiger partial charge in [0, 0.05) is 16.6 Å². The molecule has 168 valence electrons. The van der Waals surface area contributed by atoms with Gasteiger partial charge in [0.05, 0.1) is 6.42 Å². The zero-order valence-electron chi connectivity index (χ0n) is 17.3. The third-order valence-electron chi connectivity index (χ3n) is 5.30. The van der Waals surface area contributed by atoms with Crippen molar-refractivity contribution in [3.63, 3.8) is 0 Å². The number of hydrogen-bond donors (Lipinski definition) is 3. The molecule has 2 amide bonds. The maximum absolute atomic E-state index is 12.6. The lowest BCUT2D eigenvalue weighted by molar-refractivity contribution is -0.139. The van der Waals surface area contributed by atoms with Crippen molar-refractivity contribution in [1.82, 2.24) is 10.3 Å². The summed E-state index contributed by atoms with van der Waals surface area (Å²) in [6, 6.07) is 17.7. The average Bonchev–Trinajstić information content (AvgIpc) is 3.11. The van der Waals surface area contributed by atoms with Crippen LogP contribution in [0.5, 0.6) is 0 Å². The second-order valence-electron chi connectivity index (χ2n) is 7.47. The highest BCUT2D eigenvalue weighted by Crippen LogP contribution is 2.44. The quantitative estimate of drug-likeness (QED) is 0.440. The molecule has 2 aromatic carbocycles. The topological polar surface area (TPSA) is 118 Å². The van der Waals surface area contributed by atoms with Crippen molar-refractivity contribution in [3.05, 3.63) is 82.5 Å². The van der Waals surface area contributed by atoms with Crippen LogP contribution in [0.3, 0.4) is 0 Å². The van der Waals surface area contributed by atoms with Crippen LogP contribution in [-0.2, 0) is 14.3 Å². The zero-order valence-corrected chi connectivity index (χ0v) is 18.9. The van der Waals surface area contributed by atoms with Gasteiger partial charge in [-0.2, -0.15) is 0 Å². The fraction of sp³-hybridized carbons (Fsp3) is 0.167. The van der Waals surface area contributed by atoms with Crippen molar-refractivity contribution in [2.75, 3.05) is 11.9 Å². The summed E-state index contributed by atoms with van der Waals surface area (Å²) in [5.74, 6) is -1.88. The number of aliphatic carboxylic acids is 1. The number of halogens is 1. The molecule has 1 heterocycles. The van der Waals surface area contributed by atoms with Crippen molar-refractivity contribution < 1.29 is 24.2 Å². The summed E-state index contributed by atoms with van der Waals surface area (Å²) >= 11 is 3.27. The van der Waals surface area contributed by atoms with E-state index in [9.17, 15) is 19.5 Å². The number of nitrogens with one attached hydrogen (secondary N) is 2. The van der Waals surface area contributed by atoms with Crippen molar-refractivity contribution >= 4 is 39.7 Å². The number of benzene rings is 2. The molecule has 0 spiro atoms. The third kappa shape index (κ3) is 5.20. The van der Waals surface area contributed by atoms with Crippen LogP contribution >= 0.6 is 15.9 Å². The molecule has 33 heavy (non-hydrogen) atoms. The van der Waals surface area contributed by atoms with E-state index in [2.05, 4.69) is 31.5 Å². The van der Waals surface area contributed by atoms with Crippen molar-refractivity contribution in [3.8, 4) is 11.1 Å². The van der Waals surface area contributed by atoms with Crippen molar-refractivity contribution in [2.24, 2.45) is 0 Å². The van der Waals surface area contributed by atoms with Gasteiger partial charge < -0.3 is 20.5 Å². The molecule has 0 bridgehead atoms. The number of aromatic nitrogens is 1. The lowest BCUT2D eigenvalue weighted by Gasteiger charge is -2.18. The average molecular weight is 510 g/mol. The minimum absolute atomic E-state index is 0.0501. The third-order valence-corrected chi connectivity index (χ3v) is 5.80. The Morgan fingerprint density at radius 3 is 2.27 bits per heavy atom. The molecule has 1 aromatic heterocycles. The van der Waals surface area contributed by atoms with E-state index in [1.165, 1.54) is 6.20 Å². The Balaban J connectivity index is 1.43. The van der Waals surface area contributed by atoms with Gasteiger partial charge in [0.2, 0.25) is 5.91 Å². The molecule has 3 aromatic rings. The molecule has 0 radical (unpaired) electrons. The molecule has 8 nitrogen and oxygen atoms in total. The molecule has 3 N–H and O–H groups in total. The SMILES string of the molecule is O=C(O)CC(NC(=O)OCC1c2ccccc2-c2ccccc21)C(=O)Nc1cc(Br)ccn1. The Bertz CT molecular complexity index is 1170. The number of carbonyl (C=O) groups excluding carboxylic acids is 2. The summed E-state index contributed by atoms with van der Waals surface area (Å²) in [5.41, 5.74) is 4.28. The lowest BCUT2D eigenvalue weighted by atomic mass is 9.98. The Hall–Kier alpha value is -3.72. The second kappa shape index (κ2) is 9.83. The van der Waals surface area contributed by atoms with Gasteiger partial charge in [0.1, 0.15) is 18.5 Å². The van der Waals surface area contributed by atoms with E-state index in [-0.39, 0.29) is 18.3 Å². The van der Waals surface area contributed by atoms with E-state index in [1.807, 2.05) is 48.5 Å². The highest BCUT2D eigenvalue weighted by atomic mass is 79.9. The molecule has 1 atom stereocenters. The highest BCUT2D eigenvalue weighted by Gasteiger charge is 2.30. The number of hydrogen-bond acceptors (Lipinski definition) is 5. The van der Waals surface area contributed by atoms with Crippen LogP contribution in [-0.4, -0.2) is 40.7 Å². The van der Waals surface area contributed by atoms with Gasteiger partial charge in [0.25, 0.3) is 0 Å². The summed E-state index contributed by atoms with van der Waals surface area (Å²) in [4.78, 5) is 40.3. The summed E-state index contributed by atoms with van der Waals surface area (Å²) in [5, 5.41) is 14.0. The molecule has 1 unspecified atom stereocenters. The van der Waals surface area contributed by atoms with Gasteiger partial charge in [-0.15, -0.1) is 0 Å². The van der Waals surface area contributed by atoms with Gasteiger partial charge in [-0.1, -0.05) is 64.5 Å². The molecule has 9 heteroatoms. The maximum atomic E-state index is 12.6. The van der Waals surface area contributed by atoms with E-state index in [4.69, 9.17) is 4.74 Å². The second-order valence-corrected chi connectivity index (χ2v) is 8.38. The number of carbonyl (C=O) groups is 3. The van der Waals surface area contributed by atoms with E-state index in [1.54, 1.807) is 12.1 Å². The molecule has 0 saturated heterocycles. The highest BCUT2D eigenvalue weighted by molar-refractivity contribution is 9.10. The van der Waals surface area contributed by atoms with Crippen LogP contribution in [0.15, 0.2) is 71.3 Å². The minimum atomic E-state index is -1.33. The van der Waals surface area contributed by atoms with Crippen LogP contribution in [0.25, 0.3) is 11.1 Å². The minimum Gasteiger partial charge on any atom is -0.481 e. The first-order valence-electron chi connectivity index (χ1n) is 10.2. The number of amides is 2. The maximum Gasteiger partial charge on any atom is 0.407 e. The molecule has 0 saturated carbocycles. The molecule has 1 aliphatic rings. The van der Waals surface area contributed by atoms with Gasteiger partial charge in [-0.3, -0.25) is 9.59 Å². The standard InChI is InChI=1S/C24H20BrN3O5/c25-14-9-10-26-21(11-14)28-23(31)20(12-22(29)30)27-24(32)33-13-19-17-7-3-1-5-15(17)16-6-2-4-8-18(16)19/h1-11,19-20H,12-13H2,(H,27,32)(H,29,30)(H,26,28,31). The Labute approximate surface area is 198 Å². The van der Waals surface area contributed by atoms with Crippen LogP contribution in [0.4, 0.5) is 10.6 Å². The summed E-state index contributed by atoms with van der Waals surface area (Å²) in [6.45, 7) is 0.0501. The van der Waals surface area contributed by atoms with Gasteiger partial charge in [-0.25, -0.2) is 9.78 Å². The zero-order chi connectivity index (χ0) is 23.4. The Morgan fingerprint density at radius 1 is 1.03 bits per heavy atom. The molecule has 4 rings (SSSR count). The van der Waals surface area contributed by atoms with Crippen LogP contribution in [0.1, 0.15) is 23.5 Å². The number of fused-ring (bicyclic) bond motifs is 3. The normalized spacial score (nSPS) is 12.9. The molecular weight excluding hydrogens is 490 g/mol. The monoisotopic (exact) mass is 509 g/mol. The number of alkyl carbamates (subject to hydrolysis) is 1. The smallest absolute Gasteiger partial charge is 0.407 e. The number of rotatable bonds is 7. The number of pyridine rings is 1. The van der Waals surface area contributed by atoms with Gasteiger partial charge in [-0.05, 0) is 34.4 Å². The van der Waals surface area contributed by atoms with E-state index in [0.29, 0.717) is 4.47 Å². The van der Waals surface area contributed by atoms with E-state index >= 15 is 0 Å². The van der Waals surface area contributed by atoms with Crippen molar-refractivity contribution in [1.29, 1.82) is 0 Å². The molecule has 1 aliphatic carbocycles.